The van der Waals surface area contributed by atoms with Gasteiger partial charge in [0.25, 0.3) is 0 Å². The Labute approximate surface area is 77.6 Å². The third-order valence-electron chi connectivity index (χ3n) is 1.48. The maximum absolute atomic E-state index is 5.62. The van der Waals surface area contributed by atoms with Gasteiger partial charge in [0.05, 0.1) is 0 Å². The predicted octanol–water partition coefficient (Wildman–Crippen LogP) is 2.63. The zero-order valence-electron chi connectivity index (χ0n) is 7.41. The van der Waals surface area contributed by atoms with Crippen molar-refractivity contribution in [1.29, 1.82) is 0 Å². The predicted molar refractivity (Wildman–Crippen MR) is 52.1 cm³/mol. The van der Waals surface area contributed by atoms with Crippen LogP contribution in [-0.2, 0) is 0 Å². The molecule has 0 bridgehead atoms. The maximum atomic E-state index is 5.62. The molecule has 0 fully saturated rings. The van der Waals surface area contributed by atoms with Crippen LogP contribution in [0, 0.1) is 6.54 Å². The largest absolute Gasteiger partial charge is 0.466 e. The lowest BCUT2D eigenvalue weighted by molar-refractivity contribution is 0.176. The standard InChI is InChI=1S/C9H14NOS/c1-3-8(10-4-2)11-9-6-5-7-12-9/h4-8,10H,3H2,1-2H3. The van der Waals surface area contributed by atoms with E-state index in [1.165, 1.54) is 0 Å². The SMILES string of the molecule is C[CH]NC(CC)Oc1cccs1. The quantitative estimate of drug-likeness (QED) is 0.710. The average Bonchev–Trinajstić information content (AvgIpc) is 2.56. The maximum Gasteiger partial charge on any atom is 0.176 e. The van der Waals surface area contributed by atoms with Gasteiger partial charge < -0.3 is 4.74 Å². The minimum absolute atomic E-state index is 0.105. The van der Waals surface area contributed by atoms with Crippen LogP contribution in [0.3, 0.4) is 0 Å². The van der Waals surface area contributed by atoms with Gasteiger partial charge in [-0.05, 0) is 30.9 Å². The second-order valence-electron chi connectivity index (χ2n) is 2.40. The zero-order valence-corrected chi connectivity index (χ0v) is 8.23. The highest BCUT2D eigenvalue weighted by molar-refractivity contribution is 7.11. The van der Waals surface area contributed by atoms with Gasteiger partial charge in [0.15, 0.2) is 11.3 Å². The lowest BCUT2D eigenvalue weighted by Crippen LogP contribution is -2.30. The van der Waals surface area contributed by atoms with Gasteiger partial charge in [0.2, 0.25) is 0 Å². The average molecular weight is 184 g/mol. The summed E-state index contributed by atoms with van der Waals surface area (Å²) in [5.74, 6) is 0. The summed E-state index contributed by atoms with van der Waals surface area (Å²) in [5, 5.41) is 6.11. The van der Waals surface area contributed by atoms with E-state index in [1.54, 1.807) is 11.3 Å². The van der Waals surface area contributed by atoms with Gasteiger partial charge in [-0.15, -0.1) is 11.3 Å². The highest BCUT2D eigenvalue weighted by Gasteiger charge is 2.05. The molecule has 2 nitrogen and oxygen atoms in total. The molecule has 1 aromatic rings. The van der Waals surface area contributed by atoms with E-state index in [0.29, 0.717) is 0 Å². The van der Waals surface area contributed by atoms with Gasteiger partial charge in [-0.25, -0.2) is 0 Å². The van der Waals surface area contributed by atoms with Gasteiger partial charge in [-0.1, -0.05) is 6.92 Å². The van der Waals surface area contributed by atoms with Crippen LogP contribution in [-0.4, -0.2) is 6.23 Å². The fourth-order valence-electron chi connectivity index (χ4n) is 0.892. The van der Waals surface area contributed by atoms with Crippen molar-refractivity contribution in [2.24, 2.45) is 0 Å². The molecule has 1 rings (SSSR count). The summed E-state index contributed by atoms with van der Waals surface area (Å²) in [6.07, 6.45) is 1.07. The van der Waals surface area contributed by atoms with Gasteiger partial charge in [0.1, 0.15) is 0 Å². The summed E-state index contributed by atoms with van der Waals surface area (Å²) < 4.78 is 5.62. The minimum Gasteiger partial charge on any atom is -0.466 e. The van der Waals surface area contributed by atoms with Crippen LogP contribution in [0.15, 0.2) is 17.5 Å². The van der Waals surface area contributed by atoms with Crippen LogP contribution in [0.25, 0.3) is 0 Å². The van der Waals surface area contributed by atoms with Gasteiger partial charge in [0, 0.05) is 6.54 Å². The highest BCUT2D eigenvalue weighted by Crippen LogP contribution is 2.19. The van der Waals surface area contributed by atoms with Crippen molar-refractivity contribution < 1.29 is 4.74 Å². The van der Waals surface area contributed by atoms with Crippen LogP contribution in [0.2, 0.25) is 0 Å². The number of ether oxygens (including phenoxy) is 1. The lowest BCUT2D eigenvalue weighted by atomic mass is 10.4. The summed E-state index contributed by atoms with van der Waals surface area (Å²) in [5.41, 5.74) is 0. The molecular formula is C9H14NOS. The van der Waals surface area contributed by atoms with E-state index in [-0.39, 0.29) is 6.23 Å². The van der Waals surface area contributed by atoms with Crippen molar-refractivity contribution in [3.8, 4) is 5.06 Å². The monoisotopic (exact) mass is 184 g/mol. The molecule has 0 aromatic carbocycles. The van der Waals surface area contributed by atoms with Crippen LogP contribution < -0.4 is 10.1 Å². The summed E-state index contributed by atoms with van der Waals surface area (Å²) in [4.78, 5) is 0. The Hall–Kier alpha value is -0.540. The lowest BCUT2D eigenvalue weighted by Gasteiger charge is -2.15. The van der Waals surface area contributed by atoms with E-state index in [2.05, 4.69) is 12.2 Å². The minimum atomic E-state index is 0.105. The molecule has 0 saturated carbocycles. The molecule has 1 aromatic heterocycles. The molecule has 0 aliphatic rings. The normalized spacial score (nSPS) is 12.8. The molecule has 0 saturated heterocycles. The molecule has 3 heteroatoms. The molecule has 0 aliphatic carbocycles. The Kier molecular flexibility index (Phi) is 4.11. The van der Waals surface area contributed by atoms with E-state index in [4.69, 9.17) is 4.74 Å². The van der Waals surface area contributed by atoms with Crippen LogP contribution in [0.4, 0.5) is 0 Å². The first-order valence-corrected chi connectivity index (χ1v) is 4.98. The molecule has 0 aliphatic heterocycles. The fourth-order valence-corrected chi connectivity index (χ4v) is 1.51. The van der Waals surface area contributed by atoms with E-state index in [0.717, 1.165) is 11.5 Å². The molecule has 1 N–H and O–H groups in total. The van der Waals surface area contributed by atoms with Crippen molar-refractivity contribution in [3.63, 3.8) is 0 Å². The molecule has 67 valence electrons. The van der Waals surface area contributed by atoms with Crippen molar-refractivity contribution >= 4 is 11.3 Å². The van der Waals surface area contributed by atoms with Gasteiger partial charge in [-0.2, -0.15) is 0 Å². The smallest absolute Gasteiger partial charge is 0.176 e. The summed E-state index contributed by atoms with van der Waals surface area (Å²) in [7, 11) is 0. The first-order valence-electron chi connectivity index (χ1n) is 4.11. The molecule has 0 spiro atoms. The molecular weight excluding hydrogens is 170 g/mol. The second kappa shape index (κ2) is 5.17. The van der Waals surface area contributed by atoms with E-state index in [9.17, 15) is 0 Å². The third-order valence-corrected chi connectivity index (χ3v) is 2.23. The van der Waals surface area contributed by atoms with Gasteiger partial charge >= 0.3 is 0 Å². The summed E-state index contributed by atoms with van der Waals surface area (Å²) in [6.45, 7) is 5.96. The Morgan fingerprint density at radius 2 is 2.58 bits per heavy atom. The number of rotatable bonds is 5. The third kappa shape index (κ3) is 2.83. The summed E-state index contributed by atoms with van der Waals surface area (Å²) in [6, 6.07) is 3.97. The number of thiophene rings is 1. The number of nitrogens with one attached hydrogen (secondary N) is 1. The number of hydrogen-bond donors (Lipinski definition) is 1. The number of hydrogen-bond acceptors (Lipinski definition) is 3. The fraction of sp³-hybridized carbons (Fsp3) is 0.444. The Morgan fingerprint density at radius 1 is 1.75 bits per heavy atom. The second-order valence-corrected chi connectivity index (χ2v) is 3.31. The van der Waals surface area contributed by atoms with Crippen LogP contribution in [0.1, 0.15) is 20.3 Å². The molecule has 1 heterocycles. The Balaban J connectivity index is 2.37. The first-order chi connectivity index (χ1) is 5.86. The van der Waals surface area contributed by atoms with Crippen molar-refractivity contribution in [1.82, 2.24) is 5.32 Å². The first kappa shape index (κ1) is 9.55. The van der Waals surface area contributed by atoms with Crippen molar-refractivity contribution in [2.45, 2.75) is 26.5 Å². The topological polar surface area (TPSA) is 21.3 Å². The van der Waals surface area contributed by atoms with E-state index in [1.807, 2.05) is 31.0 Å². The van der Waals surface area contributed by atoms with Crippen LogP contribution in [0.5, 0.6) is 5.06 Å². The Morgan fingerprint density at radius 3 is 3.08 bits per heavy atom. The Bertz CT molecular complexity index is 198. The van der Waals surface area contributed by atoms with Gasteiger partial charge in [-0.3, -0.25) is 5.32 Å². The molecule has 0 amide bonds. The van der Waals surface area contributed by atoms with E-state index < -0.39 is 0 Å². The van der Waals surface area contributed by atoms with Crippen molar-refractivity contribution in [3.05, 3.63) is 24.1 Å². The van der Waals surface area contributed by atoms with E-state index >= 15 is 0 Å². The highest BCUT2D eigenvalue weighted by atomic mass is 32.1. The zero-order chi connectivity index (χ0) is 8.81. The molecule has 1 unspecified atom stereocenters. The summed E-state index contributed by atoms with van der Waals surface area (Å²) >= 11 is 1.62. The van der Waals surface area contributed by atoms with Crippen LogP contribution >= 0.6 is 11.3 Å². The molecule has 12 heavy (non-hydrogen) atoms. The molecule has 1 atom stereocenters. The molecule has 1 radical (unpaired) electrons. The van der Waals surface area contributed by atoms with Crippen molar-refractivity contribution in [2.75, 3.05) is 0 Å².